The van der Waals surface area contributed by atoms with Crippen LogP contribution in [0.5, 0.6) is 5.75 Å². The molecule has 1 unspecified atom stereocenters. The lowest BCUT2D eigenvalue weighted by Gasteiger charge is -2.65. The summed E-state index contributed by atoms with van der Waals surface area (Å²) in [6.45, 7) is 9.71. The molecule has 0 spiro atoms. The minimum absolute atomic E-state index is 0.0620. The Hall–Kier alpha value is -1.02. The molecule has 0 amide bonds. The third-order valence-corrected chi connectivity index (χ3v) is 21.3. The van der Waals surface area contributed by atoms with E-state index in [1.165, 1.54) is 82.8 Å². The van der Waals surface area contributed by atoms with Crippen molar-refractivity contribution in [2.45, 2.75) is 208 Å². The number of hydrogen-bond acceptors (Lipinski definition) is 2. The first kappa shape index (κ1) is 33.8. The molecule has 16 saturated carbocycles. The molecule has 18 rings (SSSR count). The van der Waals surface area contributed by atoms with Crippen molar-refractivity contribution in [1.82, 2.24) is 0 Å². The molecule has 1 saturated heterocycles. The zero-order valence-electron chi connectivity index (χ0n) is 35.2. The summed E-state index contributed by atoms with van der Waals surface area (Å²) in [7, 11) is 0. The summed E-state index contributed by atoms with van der Waals surface area (Å²) in [5, 5.41) is 0. The molecule has 1 heterocycles. The van der Waals surface area contributed by atoms with Crippen molar-refractivity contribution in [3.05, 3.63) is 27.8 Å². The van der Waals surface area contributed by atoms with E-state index in [0.717, 1.165) is 84.2 Å². The van der Waals surface area contributed by atoms with Crippen molar-refractivity contribution >= 4 is 0 Å². The lowest BCUT2D eigenvalue weighted by atomic mass is 9.39. The van der Waals surface area contributed by atoms with Gasteiger partial charge in [-0.1, -0.05) is 20.8 Å². The maximum Gasteiger partial charge on any atom is 0.127 e. The first-order valence-electron chi connectivity index (χ1n) is 25.0. The summed E-state index contributed by atoms with van der Waals surface area (Å²) in [5.41, 5.74) is 11.6. The van der Waals surface area contributed by atoms with Gasteiger partial charge in [-0.25, -0.2) is 0 Å². The Kier molecular flexibility index (Phi) is 6.77. The Balaban J connectivity index is 1.14. The summed E-state index contributed by atoms with van der Waals surface area (Å²) in [4.78, 5) is 0. The van der Waals surface area contributed by atoms with Crippen LogP contribution in [-0.2, 0) is 31.8 Å². The Bertz CT molecular complexity index is 1660. The highest BCUT2D eigenvalue weighted by atomic mass is 16.6. The average molecular weight is 743 g/mol. The molecule has 17 aliphatic rings. The van der Waals surface area contributed by atoms with Gasteiger partial charge in [0.15, 0.2) is 0 Å². The molecule has 1 aliphatic heterocycles. The number of rotatable bonds is 7. The molecule has 16 aliphatic carbocycles. The highest BCUT2D eigenvalue weighted by Crippen LogP contribution is 2.74. The van der Waals surface area contributed by atoms with E-state index in [4.69, 9.17) is 9.47 Å². The smallest absolute Gasteiger partial charge is 0.127 e. The summed E-state index contributed by atoms with van der Waals surface area (Å²) in [6, 6.07) is 0. The van der Waals surface area contributed by atoms with E-state index >= 15 is 0 Å². The summed E-state index contributed by atoms with van der Waals surface area (Å²) in [6.07, 6.45) is 37.1. The van der Waals surface area contributed by atoms with Crippen molar-refractivity contribution in [1.29, 1.82) is 0 Å². The van der Waals surface area contributed by atoms with Crippen LogP contribution < -0.4 is 4.74 Å². The van der Waals surface area contributed by atoms with Crippen LogP contribution >= 0.6 is 0 Å². The van der Waals surface area contributed by atoms with Crippen molar-refractivity contribution in [3.8, 4) is 5.75 Å². The average Bonchev–Trinajstić information content (AvgIpc) is 3.92. The lowest BCUT2D eigenvalue weighted by molar-refractivity contribution is -0.0300. The van der Waals surface area contributed by atoms with Crippen LogP contribution in [0.1, 0.15) is 203 Å². The van der Waals surface area contributed by atoms with Crippen LogP contribution in [0.15, 0.2) is 0 Å². The largest absolute Gasteiger partial charge is 0.490 e. The molecular formula is C53H74O2. The highest BCUT2D eigenvalue weighted by molar-refractivity contribution is 5.68. The third-order valence-electron chi connectivity index (χ3n) is 21.3. The molecule has 298 valence electrons. The lowest BCUT2D eigenvalue weighted by Crippen LogP contribution is -2.57. The van der Waals surface area contributed by atoms with Crippen LogP contribution in [-0.4, -0.2) is 19.3 Å². The zero-order valence-corrected chi connectivity index (χ0v) is 35.2. The molecule has 16 bridgehead atoms. The molecule has 2 heteroatoms. The van der Waals surface area contributed by atoms with Gasteiger partial charge in [-0.3, -0.25) is 0 Å². The molecule has 1 atom stereocenters. The van der Waals surface area contributed by atoms with E-state index in [9.17, 15) is 0 Å². The predicted octanol–water partition coefficient (Wildman–Crippen LogP) is 12.6. The van der Waals surface area contributed by atoms with E-state index in [2.05, 4.69) is 31.9 Å². The Morgan fingerprint density at radius 1 is 0.418 bits per heavy atom. The molecule has 0 aromatic heterocycles. The van der Waals surface area contributed by atoms with Gasteiger partial charge in [0, 0.05) is 16.5 Å². The van der Waals surface area contributed by atoms with E-state index in [-0.39, 0.29) is 5.41 Å². The quantitative estimate of drug-likeness (QED) is 0.260. The Morgan fingerprint density at radius 3 is 0.945 bits per heavy atom. The minimum Gasteiger partial charge on any atom is -0.490 e. The minimum atomic E-state index is 0.0620. The normalized spacial score (nSPS) is 54.2. The van der Waals surface area contributed by atoms with E-state index < -0.39 is 0 Å². The fraction of sp³-hybridized carbons (Fsp3) is 0.887. The van der Waals surface area contributed by atoms with Crippen molar-refractivity contribution < 1.29 is 9.47 Å². The fourth-order valence-electron chi connectivity index (χ4n) is 21.7. The van der Waals surface area contributed by atoms with Crippen LogP contribution in [0, 0.1) is 71.0 Å². The second-order valence-electron chi connectivity index (χ2n) is 26.5. The molecule has 0 N–H and O–H groups in total. The van der Waals surface area contributed by atoms with Crippen LogP contribution in [0.25, 0.3) is 0 Å². The first-order valence-corrected chi connectivity index (χ1v) is 25.0. The van der Waals surface area contributed by atoms with E-state index in [0.29, 0.717) is 27.8 Å². The van der Waals surface area contributed by atoms with Gasteiger partial charge >= 0.3 is 0 Å². The predicted molar refractivity (Wildman–Crippen MR) is 220 cm³/mol. The second kappa shape index (κ2) is 11.0. The maximum absolute atomic E-state index is 7.86. The number of benzene rings is 1. The molecule has 1 aromatic carbocycles. The Morgan fingerprint density at radius 2 is 0.673 bits per heavy atom. The number of hydrogen-bond donors (Lipinski definition) is 0. The summed E-state index contributed by atoms with van der Waals surface area (Å²) < 4.78 is 13.9. The third kappa shape index (κ3) is 4.82. The standard InChI is InChI=1S/C53H74O2/c1-49(2,3)46-44(51-19-33-7-34(20-51)9-35(8-33)21-51)43(50-16-30-4-31(17-50)6-32(5-30)18-50)45(52-22-36-10-37(23-52)12-38(11-36)24-52)47(48(46)55-29-42-28-54-42)53-25-39-13-40(26-53)15-41(14-39)27-53/h30-42H,4-29H2,1-3H3. The van der Waals surface area contributed by atoms with Crippen molar-refractivity contribution in [2.24, 2.45) is 71.0 Å². The topological polar surface area (TPSA) is 21.8 Å². The van der Waals surface area contributed by atoms with E-state index in [1.807, 2.05) is 11.1 Å². The monoisotopic (exact) mass is 743 g/mol. The number of ether oxygens (including phenoxy) is 2. The van der Waals surface area contributed by atoms with Crippen LogP contribution in [0.2, 0.25) is 0 Å². The second-order valence-corrected chi connectivity index (χ2v) is 26.5. The van der Waals surface area contributed by atoms with E-state index in [1.54, 1.807) is 82.6 Å². The number of epoxide rings is 1. The summed E-state index contributed by atoms with van der Waals surface area (Å²) >= 11 is 0. The SMILES string of the molecule is CC(C)(C)c1c(OCC2CO2)c(C23CC4CC(CC(C4)C2)C3)c(C23CC4CC(CC(C4)C2)C3)c(C23CC4CC(CC(C4)C2)C3)c1C12CC3CC(CC(C3)C1)C2. The summed E-state index contributed by atoms with van der Waals surface area (Å²) in [5.74, 6) is 13.2. The van der Waals surface area contributed by atoms with Crippen molar-refractivity contribution in [3.63, 3.8) is 0 Å². The fourth-order valence-corrected chi connectivity index (χ4v) is 21.7. The van der Waals surface area contributed by atoms with Gasteiger partial charge in [-0.05, 0) is 263 Å². The molecule has 1 aromatic rings. The van der Waals surface area contributed by atoms with Crippen LogP contribution in [0.3, 0.4) is 0 Å². The Labute approximate surface area is 334 Å². The van der Waals surface area contributed by atoms with Gasteiger partial charge in [0.1, 0.15) is 18.5 Å². The molecular weight excluding hydrogens is 669 g/mol. The molecule has 55 heavy (non-hydrogen) atoms. The van der Waals surface area contributed by atoms with Crippen LogP contribution in [0.4, 0.5) is 0 Å². The van der Waals surface area contributed by atoms with Gasteiger partial charge < -0.3 is 9.47 Å². The molecule has 17 fully saturated rings. The van der Waals surface area contributed by atoms with Gasteiger partial charge in [0.05, 0.1) is 6.61 Å². The highest BCUT2D eigenvalue weighted by Gasteiger charge is 2.64. The van der Waals surface area contributed by atoms with Gasteiger partial charge in [-0.2, -0.15) is 0 Å². The van der Waals surface area contributed by atoms with Gasteiger partial charge in [0.25, 0.3) is 0 Å². The first-order chi connectivity index (χ1) is 26.5. The zero-order chi connectivity index (χ0) is 36.3. The van der Waals surface area contributed by atoms with Gasteiger partial charge in [-0.15, -0.1) is 0 Å². The molecule has 2 nitrogen and oxygen atoms in total. The molecule has 0 radical (unpaired) electrons. The van der Waals surface area contributed by atoms with Crippen molar-refractivity contribution in [2.75, 3.05) is 13.2 Å². The maximum atomic E-state index is 7.86. The van der Waals surface area contributed by atoms with Gasteiger partial charge in [0.2, 0.25) is 0 Å².